The van der Waals surface area contributed by atoms with Gasteiger partial charge in [-0.2, -0.15) is 0 Å². The summed E-state index contributed by atoms with van der Waals surface area (Å²) >= 11 is 0. The Hall–Kier alpha value is -1.06. The fraction of sp³-hybridized carbons (Fsp3) is 0.385. The molecule has 1 heterocycles. The minimum atomic E-state index is -1.88. The second-order valence-electron chi connectivity index (χ2n) is 4.27. The lowest BCUT2D eigenvalue weighted by Crippen LogP contribution is -2.39. The maximum absolute atomic E-state index is 5.81. The van der Waals surface area contributed by atoms with E-state index in [1.54, 1.807) is 6.26 Å². The van der Waals surface area contributed by atoms with Crippen molar-refractivity contribution in [3.8, 4) is 0 Å². The molecule has 1 aromatic rings. The third kappa shape index (κ3) is 3.22. The van der Waals surface area contributed by atoms with Crippen molar-refractivity contribution in [2.24, 2.45) is 0 Å². The number of hydrogen-bond acceptors (Lipinski definition) is 2. The van der Waals surface area contributed by atoms with Gasteiger partial charge in [0.25, 0.3) is 0 Å². The molecule has 1 atom stereocenters. The van der Waals surface area contributed by atoms with Crippen molar-refractivity contribution < 1.29 is 8.85 Å². The largest absolute Gasteiger partial charge is 0.527 e. The van der Waals surface area contributed by atoms with Gasteiger partial charge in [-0.3, -0.25) is 0 Å². The van der Waals surface area contributed by atoms with Gasteiger partial charge in [-0.15, -0.1) is 0 Å². The summed E-state index contributed by atoms with van der Waals surface area (Å²) in [5, 5.41) is 0. The molecule has 0 amide bonds. The molecular weight excluding hydrogens is 216 g/mol. The summed E-state index contributed by atoms with van der Waals surface area (Å²) in [6, 6.07) is 11.3. The molecule has 0 saturated carbocycles. The van der Waals surface area contributed by atoms with Gasteiger partial charge in [0.1, 0.15) is 0 Å². The monoisotopic (exact) mass is 234 g/mol. The lowest BCUT2D eigenvalue weighted by atomic mass is 10.2. The quantitative estimate of drug-likeness (QED) is 0.588. The molecule has 3 heteroatoms. The zero-order valence-corrected chi connectivity index (χ0v) is 10.7. The van der Waals surface area contributed by atoms with Crippen LogP contribution in [0.2, 0.25) is 12.6 Å². The van der Waals surface area contributed by atoms with Crippen molar-refractivity contribution in [3.05, 3.63) is 42.2 Å². The lowest BCUT2D eigenvalue weighted by molar-refractivity contribution is 0.198. The Kier molecular flexibility index (Phi) is 3.80. The van der Waals surface area contributed by atoms with Gasteiger partial charge in [0.15, 0.2) is 0 Å². The van der Waals surface area contributed by atoms with Gasteiger partial charge in [-0.1, -0.05) is 30.3 Å². The Bertz CT molecular complexity index is 342. The van der Waals surface area contributed by atoms with Crippen LogP contribution in [0.15, 0.2) is 36.6 Å². The molecule has 1 aliphatic rings. The molecule has 2 rings (SSSR count). The molecule has 1 saturated heterocycles. The van der Waals surface area contributed by atoms with E-state index in [-0.39, 0.29) is 0 Å². The zero-order chi connectivity index (χ0) is 11.3. The summed E-state index contributed by atoms with van der Waals surface area (Å²) in [6.07, 6.45) is 6.21. The normalized spacial score (nSPS) is 25.8. The van der Waals surface area contributed by atoms with Gasteiger partial charge in [-0.05, 0) is 31.0 Å². The molecule has 1 unspecified atom stereocenters. The smallest absolute Gasteiger partial charge is 0.395 e. The van der Waals surface area contributed by atoms with Crippen LogP contribution in [0, 0.1) is 0 Å². The van der Waals surface area contributed by atoms with E-state index in [4.69, 9.17) is 8.85 Å². The van der Waals surface area contributed by atoms with E-state index in [2.05, 4.69) is 18.7 Å². The van der Waals surface area contributed by atoms with Crippen LogP contribution < -0.4 is 0 Å². The number of benzene rings is 1. The highest BCUT2D eigenvalue weighted by Crippen LogP contribution is 2.22. The van der Waals surface area contributed by atoms with Gasteiger partial charge in [0.2, 0.25) is 0 Å². The molecule has 0 bridgehead atoms. The Labute approximate surface area is 98.1 Å². The summed E-state index contributed by atoms with van der Waals surface area (Å²) in [5.41, 5.74) is 1.16. The summed E-state index contributed by atoms with van der Waals surface area (Å²) < 4.78 is 11.6. The van der Waals surface area contributed by atoms with Crippen LogP contribution in [0.5, 0.6) is 0 Å². The standard InChI is InChI=1S/C13H18O2Si/c1-16(12-6-5-10-14-16)15-11-9-13-7-3-2-4-8-13/h2-4,7-9,11H,5-6,10,12H2,1H3. The van der Waals surface area contributed by atoms with Crippen molar-refractivity contribution in [1.82, 2.24) is 0 Å². The first kappa shape index (κ1) is 11.4. The van der Waals surface area contributed by atoms with E-state index in [9.17, 15) is 0 Å². The zero-order valence-electron chi connectivity index (χ0n) is 9.69. The van der Waals surface area contributed by atoms with Gasteiger partial charge < -0.3 is 8.85 Å². The Balaban J connectivity index is 1.89. The Morgan fingerprint density at radius 1 is 1.25 bits per heavy atom. The highest BCUT2D eigenvalue weighted by atomic mass is 28.4. The first-order valence-electron chi connectivity index (χ1n) is 5.82. The van der Waals surface area contributed by atoms with Crippen LogP contribution in [-0.4, -0.2) is 15.2 Å². The molecule has 1 aliphatic heterocycles. The highest BCUT2D eigenvalue weighted by Gasteiger charge is 2.34. The molecule has 0 radical (unpaired) electrons. The van der Waals surface area contributed by atoms with Crippen LogP contribution in [-0.2, 0) is 8.85 Å². The molecule has 0 N–H and O–H groups in total. The third-order valence-corrected chi connectivity index (χ3v) is 5.52. The summed E-state index contributed by atoms with van der Waals surface area (Å²) in [5.74, 6) is 0. The first-order chi connectivity index (χ1) is 7.79. The molecule has 0 aromatic heterocycles. The second-order valence-corrected chi connectivity index (χ2v) is 7.56. The minimum Gasteiger partial charge on any atom is -0.527 e. The van der Waals surface area contributed by atoms with Gasteiger partial charge in [-0.25, -0.2) is 0 Å². The fourth-order valence-electron chi connectivity index (χ4n) is 1.82. The van der Waals surface area contributed by atoms with Crippen LogP contribution >= 0.6 is 0 Å². The van der Waals surface area contributed by atoms with E-state index in [0.717, 1.165) is 18.2 Å². The second kappa shape index (κ2) is 5.32. The number of hydrogen-bond donors (Lipinski definition) is 0. The predicted molar refractivity (Wildman–Crippen MR) is 68.2 cm³/mol. The van der Waals surface area contributed by atoms with E-state index >= 15 is 0 Å². The van der Waals surface area contributed by atoms with Crippen LogP contribution in [0.25, 0.3) is 6.08 Å². The molecule has 1 aromatic carbocycles. The van der Waals surface area contributed by atoms with E-state index in [1.807, 2.05) is 24.3 Å². The van der Waals surface area contributed by atoms with Gasteiger partial charge in [0.05, 0.1) is 6.26 Å². The average Bonchev–Trinajstić information content (AvgIpc) is 2.31. The molecule has 16 heavy (non-hydrogen) atoms. The van der Waals surface area contributed by atoms with Crippen molar-refractivity contribution in [2.45, 2.75) is 25.4 Å². The molecule has 0 spiro atoms. The summed E-state index contributed by atoms with van der Waals surface area (Å²) in [6.45, 7) is 3.00. The number of rotatable bonds is 3. The summed E-state index contributed by atoms with van der Waals surface area (Å²) in [4.78, 5) is 0. The van der Waals surface area contributed by atoms with E-state index in [0.29, 0.717) is 0 Å². The van der Waals surface area contributed by atoms with Crippen molar-refractivity contribution in [1.29, 1.82) is 0 Å². The molecule has 86 valence electrons. The summed E-state index contributed by atoms with van der Waals surface area (Å²) in [7, 11) is -1.88. The lowest BCUT2D eigenvalue weighted by Gasteiger charge is -2.29. The highest BCUT2D eigenvalue weighted by molar-refractivity contribution is 6.66. The third-order valence-electron chi connectivity index (χ3n) is 2.81. The topological polar surface area (TPSA) is 18.5 Å². The maximum atomic E-state index is 5.81. The Morgan fingerprint density at radius 3 is 2.75 bits per heavy atom. The average molecular weight is 234 g/mol. The van der Waals surface area contributed by atoms with Crippen LogP contribution in [0.1, 0.15) is 18.4 Å². The van der Waals surface area contributed by atoms with Gasteiger partial charge in [0, 0.05) is 12.7 Å². The van der Waals surface area contributed by atoms with E-state index < -0.39 is 8.56 Å². The Morgan fingerprint density at radius 2 is 2.06 bits per heavy atom. The van der Waals surface area contributed by atoms with Crippen molar-refractivity contribution >= 4 is 14.6 Å². The predicted octanol–water partition coefficient (Wildman–Crippen LogP) is 3.56. The molecular formula is C13H18O2Si. The maximum Gasteiger partial charge on any atom is 0.395 e. The minimum absolute atomic E-state index is 0.863. The molecule has 2 nitrogen and oxygen atoms in total. The van der Waals surface area contributed by atoms with Crippen LogP contribution in [0.4, 0.5) is 0 Å². The molecule has 1 fully saturated rings. The van der Waals surface area contributed by atoms with Crippen molar-refractivity contribution in [2.75, 3.05) is 6.61 Å². The van der Waals surface area contributed by atoms with Crippen molar-refractivity contribution in [3.63, 3.8) is 0 Å². The van der Waals surface area contributed by atoms with E-state index in [1.165, 1.54) is 12.8 Å². The SMILES string of the molecule is C[Si]1(OC=Cc2ccccc2)CCCCO1. The van der Waals surface area contributed by atoms with Gasteiger partial charge >= 0.3 is 8.56 Å². The van der Waals surface area contributed by atoms with Crippen LogP contribution in [0.3, 0.4) is 0 Å². The first-order valence-corrected chi connectivity index (χ1v) is 8.34. The fourth-order valence-corrected chi connectivity index (χ4v) is 3.98. The molecule has 0 aliphatic carbocycles.